The Bertz CT molecular complexity index is 955. The Balaban J connectivity index is 1.82. The number of rotatable bonds is 4. The number of anilines is 1. The molecule has 7 heteroatoms. The van der Waals surface area contributed by atoms with Crippen LogP contribution in [-0.4, -0.2) is 20.7 Å². The molecule has 0 fully saturated rings. The first kappa shape index (κ1) is 16.4. The number of nitrogens with one attached hydrogen (secondary N) is 1. The van der Waals surface area contributed by atoms with Gasteiger partial charge in [0.1, 0.15) is 11.6 Å². The van der Waals surface area contributed by atoms with Gasteiger partial charge >= 0.3 is 0 Å². The summed E-state index contributed by atoms with van der Waals surface area (Å²) in [5, 5.41) is 16.6. The van der Waals surface area contributed by atoms with Gasteiger partial charge in [-0.2, -0.15) is 15.0 Å². The molecule has 0 aliphatic heterocycles. The lowest BCUT2D eigenvalue weighted by atomic mass is 10.2. The Hall–Kier alpha value is -3.43. The summed E-state index contributed by atoms with van der Waals surface area (Å²) >= 11 is 5.83. The van der Waals surface area contributed by atoms with Crippen LogP contribution in [0.5, 0.6) is 0 Å². The highest BCUT2D eigenvalue weighted by atomic mass is 35.5. The predicted octanol–water partition coefficient (Wildman–Crippen LogP) is 3.44. The van der Waals surface area contributed by atoms with Crippen molar-refractivity contribution in [1.82, 2.24) is 14.8 Å². The Kier molecular flexibility index (Phi) is 4.88. The molecule has 0 aliphatic carbocycles. The molecule has 3 rings (SSSR count). The number of nitrogens with zero attached hydrogens (tertiary/aromatic N) is 4. The van der Waals surface area contributed by atoms with E-state index in [-0.39, 0.29) is 17.3 Å². The molecule has 2 aromatic heterocycles. The van der Waals surface area contributed by atoms with Crippen LogP contribution in [0.2, 0.25) is 5.02 Å². The van der Waals surface area contributed by atoms with Crippen LogP contribution in [0.3, 0.4) is 0 Å². The number of carbonyl (C=O) groups is 1. The van der Waals surface area contributed by atoms with Crippen molar-refractivity contribution in [3.8, 4) is 11.9 Å². The summed E-state index contributed by atoms with van der Waals surface area (Å²) in [5.74, 6) is 0.386. The molecule has 0 atom stereocenters. The lowest BCUT2D eigenvalue weighted by Gasteiger charge is -2.07. The second kappa shape index (κ2) is 7.43. The van der Waals surface area contributed by atoms with E-state index in [4.69, 9.17) is 11.6 Å². The normalized spacial score (nSPS) is 10.6. The van der Waals surface area contributed by atoms with Crippen LogP contribution >= 0.6 is 11.6 Å². The van der Waals surface area contributed by atoms with Gasteiger partial charge in [-0.25, -0.2) is 4.98 Å². The first-order chi connectivity index (χ1) is 12.2. The van der Waals surface area contributed by atoms with E-state index in [1.165, 1.54) is 17.0 Å². The molecule has 0 saturated carbocycles. The van der Waals surface area contributed by atoms with Crippen molar-refractivity contribution in [3.63, 3.8) is 0 Å². The molecule has 122 valence electrons. The lowest BCUT2D eigenvalue weighted by molar-refractivity contribution is -0.111. The second-order valence-electron chi connectivity index (χ2n) is 4.99. The summed E-state index contributed by atoms with van der Waals surface area (Å²) in [5.41, 5.74) is 1.08. The molecule has 2 heterocycles. The number of hydrogen-bond acceptors (Lipinski definition) is 4. The van der Waals surface area contributed by atoms with Gasteiger partial charge in [0.05, 0.1) is 6.20 Å². The number of benzene rings is 1. The van der Waals surface area contributed by atoms with Gasteiger partial charge in [0, 0.05) is 17.3 Å². The van der Waals surface area contributed by atoms with Gasteiger partial charge in [-0.3, -0.25) is 4.79 Å². The number of aromatic nitrogens is 3. The highest BCUT2D eigenvalue weighted by Crippen LogP contribution is 2.18. The van der Waals surface area contributed by atoms with E-state index in [1.54, 1.807) is 54.7 Å². The topological polar surface area (TPSA) is 83.6 Å². The van der Waals surface area contributed by atoms with E-state index in [0.717, 1.165) is 5.56 Å². The molecule has 0 bridgehead atoms. The third kappa shape index (κ3) is 3.91. The summed E-state index contributed by atoms with van der Waals surface area (Å²) in [6.07, 6.45) is 6.02. The fraction of sp³-hybridized carbons (Fsp3) is 0. The highest BCUT2D eigenvalue weighted by Gasteiger charge is 2.14. The Morgan fingerprint density at radius 2 is 2.04 bits per heavy atom. The zero-order chi connectivity index (χ0) is 17.6. The average molecular weight is 350 g/mol. The molecule has 1 amide bonds. The van der Waals surface area contributed by atoms with Crippen molar-refractivity contribution in [2.75, 3.05) is 5.32 Å². The lowest BCUT2D eigenvalue weighted by Crippen LogP contribution is -2.13. The van der Waals surface area contributed by atoms with Gasteiger partial charge < -0.3 is 5.32 Å². The minimum Gasteiger partial charge on any atom is -0.306 e. The molecule has 6 nitrogen and oxygen atoms in total. The van der Waals surface area contributed by atoms with Crippen molar-refractivity contribution >= 4 is 29.4 Å². The highest BCUT2D eigenvalue weighted by molar-refractivity contribution is 6.30. The standard InChI is InChI=1S/C18H12ClN5O/c19-15-7-4-13(5-8-15)6-9-17(25)23-18-14(11-20)12-22-24(18)16-3-1-2-10-21-16/h1-10,12H,(H,23,25)/b9-6+. The number of amides is 1. The minimum atomic E-state index is -0.385. The molecular formula is C18H12ClN5O. The fourth-order valence-corrected chi connectivity index (χ4v) is 2.23. The molecule has 3 aromatic rings. The third-order valence-electron chi connectivity index (χ3n) is 3.29. The van der Waals surface area contributed by atoms with Crippen molar-refractivity contribution in [1.29, 1.82) is 5.26 Å². The first-order valence-electron chi connectivity index (χ1n) is 7.31. The molecule has 0 unspecified atom stereocenters. The van der Waals surface area contributed by atoms with E-state index >= 15 is 0 Å². The fourth-order valence-electron chi connectivity index (χ4n) is 2.11. The molecule has 0 spiro atoms. The molecule has 0 saturated heterocycles. The van der Waals surface area contributed by atoms with Crippen molar-refractivity contribution < 1.29 is 4.79 Å². The summed E-state index contributed by atoms with van der Waals surface area (Å²) in [6, 6.07) is 14.4. The van der Waals surface area contributed by atoms with Crippen LogP contribution in [-0.2, 0) is 4.79 Å². The zero-order valence-electron chi connectivity index (χ0n) is 12.9. The van der Waals surface area contributed by atoms with Crippen LogP contribution in [0.25, 0.3) is 11.9 Å². The van der Waals surface area contributed by atoms with E-state index in [1.807, 2.05) is 6.07 Å². The van der Waals surface area contributed by atoms with E-state index in [9.17, 15) is 10.1 Å². The zero-order valence-corrected chi connectivity index (χ0v) is 13.7. The smallest absolute Gasteiger partial charge is 0.249 e. The number of pyridine rings is 1. The predicted molar refractivity (Wildman–Crippen MR) is 95.2 cm³/mol. The largest absolute Gasteiger partial charge is 0.306 e. The molecular weight excluding hydrogens is 338 g/mol. The van der Waals surface area contributed by atoms with E-state index in [2.05, 4.69) is 15.4 Å². The minimum absolute atomic E-state index is 0.249. The van der Waals surface area contributed by atoms with Crippen LogP contribution in [0.4, 0.5) is 5.82 Å². The van der Waals surface area contributed by atoms with E-state index in [0.29, 0.717) is 10.8 Å². The summed E-state index contributed by atoms with van der Waals surface area (Å²) in [6.45, 7) is 0. The van der Waals surface area contributed by atoms with Gasteiger partial charge in [-0.15, -0.1) is 0 Å². The first-order valence-corrected chi connectivity index (χ1v) is 7.69. The maximum absolute atomic E-state index is 12.2. The van der Waals surface area contributed by atoms with Crippen LogP contribution < -0.4 is 5.32 Å². The van der Waals surface area contributed by atoms with Crippen molar-refractivity contribution in [3.05, 3.63) is 77.1 Å². The quantitative estimate of drug-likeness (QED) is 0.731. The molecule has 1 N–H and O–H groups in total. The van der Waals surface area contributed by atoms with Gasteiger partial charge in [-0.05, 0) is 35.9 Å². The average Bonchev–Trinajstić information content (AvgIpc) is 3.04. The molecule has 25 heavy (non-hydrogen) atoms. The van der Waals surface area contributed by atoms with Gasteiger partial charge in [0.2, 0.25) is 5.91 Å². The maximum Gasteiger partial charge on any atom is 0.249 e. The maximum atomic E-state index is 12.2. The summed E-state index contributed by atoms with van der Waals surface area (Å²) in [7, 11) is 0. The Labute approximate surface area is 149 Å². The third-order valence-corrected chi connectivity index (χ3v) is 3.55. The number of nitriles is 1. The van der Waals surface area contributed by atoms with Gasteiger partial charge in [0.15, 0.2) is 11.6 Å². The molecule has 0 radical (unpaired) electrons. The molecule has 0 aliphatic rings. The number of carbonyl (C=O) groups excluding carboxylic acids is 1. The Morgan fingerprint density at radius 3 is 2.72 bits per heavy atom. The van der Waals surface area contributed by atoms with Gasteiger partial charge in [-0.1, -0.05) is 29.8 Å². The Morgan fingerprint density at radius 1 is 1.24 bits per heavy atom. The monoisotopic (exact) mass is 349 g/mol. The van der Waals surface area contributed by atoms with E-state index < -0.39 is 0 Å². The van der Waals surface area contributed by atoms with Crippen molar-refractivity contribution in [2.24, 2.45) is 0 Å². The molecule has 1 aromatic carbocycles. The van der Waals surface area contributed by atoms with Crippen LogP contribution in [0, 0.1) is 11.3 Å². The number of hydrogen-bond donors (Lipinski definition) is 1. The van der Waals surface area contributed by atoms with Crippen molar-refractivity contribution in [2.45, 2.75) is 0 Å². The summed E-state index contributed by atoms with van der Waals surface area (Å²) in [4.78, 5) is 16.4. The SMILES string of the molecule is N#Cc1cnn(-c2ccccn2)c1NC(=O)/C=C/c1ccc(Cl)cc1. The summed E-state index contributed by atoms with van der Waals surface area (Å²) < 4.78 is 1.41. The van der Waals surface area contributed by atoms with Gasteiger partial charge in [0.25, 0.3) is 0 Å². The second-order valence-corrected chi connectivity index (χ2v) is 5.43. The number of halogens is 1. The van der Waals surface area contributed by atoms with Crippen LogP contribution in [0.1, 0.15) is 11.1 Å². The van der Waals surface area contributed by atoms with Crippen LogP contribution in [0.15, 0.2) is 60.9 Å².